The Labute approximate surface area is 113 Å². The van der Waals surface area contributed by atoms with Crippen LogP contribution in [-0.2, 0) is 4.79 Å². The molecule has 7 nitrogen and oxygen atoms in total. The number of carbonyl (C=O) groups excluding carboxylic acids is 1. The minimum absolute atomic E-state index is 0.0915. The normalized spacial score (nSPS) is 9.89. The van der Waals surface area contributed by atoms with Crippen molar-refractivity contribution in [1.29, 1.82) is 0 Å². The van der Waals surface area contributed by atoms with E-state index in [1.165, 1.54) is 6.33 Å². The molecular weight excluding hydrogens is 246 g/mol. The van der Waals surface area contributed by atoms with Gasteiger partial charge in [-0.3, -0.25) is 4.79 Å². The van der Waals surface area contributed by atoms with E-state index in [4.69, 9.17) is 4.74 Å². The van der Waals surface area contributed by atoms with Gasteiger partial charge in [0.2, 0.25) is 11.7 Å². The summed E-state index contributed by atoms with van der Waals surface area (Å²) in [6.07, 6.45) is 2.44. The number of nitrogens with zero attached hydrogens (tertiary/aromatic N) is 3. The molecule has 2 N–H and O–H groups in total. The van der Waals surface area contributed by atoms with Crippen molar-refractivity contribution in [2.24, 2.45) is 0 Å². The topological polar surface area (TPSA) is 79.4 Å². The Bertz CT molecular complexity index is 425. The van der Waals surface area contributed by atoms with Gasteiger partial charge < -0.3 is 20.3 Å². The largest absolute Gasteiger partial charge is 0.490 e. The highest BCUT2D eigenvalue weighted by Gasteiger charge is 2.16. The lowest BCUT2D eigenvalue weighted by molar-refractivity contribution is -0.119. The number of amides is 1. The van der Waals surface area contributed by atoms with E-state index in [0.717, 1.165) is 13.0 Å². The van der Waals surface area contributed by atoms with Crippen LogP contribution in [-0.4, -0.2) is 50.2 Å². The van der Waals surface area contributed by atoms with Gasteiger partial charge in [0.05, 0.1) is 13.7 Å². The number of carbonyl (C=O) groups is 1. The Hall–Kier alpha value is -2.05. The van der Waals surface area contributed by atoms with E-state index in [-0.39, 0.29) is 12.5 Å². The number of nitrogens with one attached hydrogen (secondary N) is 2. The molecule has 0 fully saturated rings. The molecule has 0 aliphatic carbocycles. The van der Waals surface area contributed by atoms with Crippen LogP contribution in [0.3, 0.4) is 0 Å². The van der Waals surface area contributed by atoms with E-state index in [1.54, 1.807) is 26.1 Å². The molecule has 0 spiro atoms. The molecule has 1 aromatic rings. The van der Waals surface area contributed by atoms with Crippen molar-refractivity contribution in [2.45, 2.75) is 13.3 Å². The summed E-state index contributed by atoms with van der Waals surface area (Å²) in [6.45, 7) is 3.07. The molecule has 0 saturated carbocycles. The zero-order valence-corrected chi connectivity index (χ0v) is 11.9. The van der Waals surface area contributed by atoms with Gasteiger partial charge in [-0.15, -0.1) is 0 Å². The van der Waals surface area contributed by atoms with Crippen LogP contribution in [0.1, 0.15) is 13.3 Å². The fourth-order valence-corrected chi connectivity index (χ4v) is 1.56. The number of likely N-dealkylation sites (N-methyl/N-ethyl adjacent to an activating group) is 2. The number of anilines is 2. The van der Waals surface area contributed by atoms with Gasteiger partial charge in [0.15, 0.2) is 11.6 Å². The molecule has 0 aromatic carbocycles. The fraction of sp³-hybridized carbons (Fsp3) is 0.583. The van der Waals surface area contributed by atoms with Crippen molar-refractivity contribution < 1.29 is 9.53 Å². The van der Waals surface area contributed by atoms with Crippen LogP contribution in [0.4, 0.5) is 11.6 Å². The van der Waals surface area contributed by atoms with Gasteiger partial charge in [-0.05, 0) is 6.42 Å². The predicted molar refractivity (Wildman–Crippen MR) is 74.7 cm³/mol. The highest BCUT2D eigenvalue weighted by molar-refractivity contribution is 5.81. The van der Waals surface area contributed by atoms with Crippen molar-refractivity contribution in [3.8, 4) is 5.75 Å². The summed E-state index contributed by atoms with van der Waals surface area (Å²) in [5, 5.41) is 5.74. The van der Waals surface area contributed by atoms with Crippen LogP contribution in [0.15, 0.2) is 6.33 Å². The average Bonchev–Trinajstić information content (AvgIpc) is 2.44. The summed E-state index contributed by atoms with van der Waals surface area (Å²) >= 11 is 0. The van der Waals surface area contributed by atoms with Gasteiger partial charge in [-0.25, -0.2) is 9.97 Å². The van der Waals surface area contributed by atoms with Crippen LogP contribution in [0.25, 0.3) is 0 Å². The summed E-state index contributed by atoms with van der Waals surface area (Å²) in [7, 11) is 4.94. The molecule has 0 unspecified atom stereocenters. The second-order valence-corrected chi connectivity index (χ2v) is 4.04. The highest BCUT2D eigenvalue weighted by atomic mass is 16.5. The smallest absolute Gasteiger partial charge is 0.239 e. The maximum Gasteiger partial charge on any atom is 0.239 e. The maximum absolute atomic E-state index is 11.4. The highest BCUT2D eigenvalue weighted by Crippen LogP contribution is 2.30. The number of ether oxygens (including phenoxy) is 1. The molecule has 0 aliphatic rings. The molecule has 0 bridgehead atoms. The Morgan fingerprint density at radius 1 is 1.47 bits per heavy atom. The number of methoxy groups -OCH3 is 1. The minimum atomic E-state index is -0.0915. The maximum atomic E-state index is 11.4. The minimum Gasteiger partial charge on any atom is -0.490 e. The molecule has 1 amide bonds. The van der Waals surface area contributed by atoms with Gasteiger partial charge in [-0.2, -0.15) is 0 Å². The molecule has 0 aliphatic heterocycles. The Morgan fingerprint density at radius 3 is 2.79 bits per heavy atom. The van der Waals surface area contributed by atoms with Gasteiger partial charge in [0.25, 0.3) is 0 Å². The molecule has 1 aromatic heterocycles. The molecule has 0 atom stereocenters. The number of rotatable bonds is 7. The molecule has 0 saturated heterocycles. The van der Waals surface area contributed by atoms with Crippen molar-refractivity contribution in [2.75, 3.05) is 44.5 Å². The second kappa shape index (κ2) is 7.40. The summed E-state index contributed by atoms with van der Waals surface area (Å²) in [4.78, 5) is 21.4. The fourth-order valence-electron chi connectivity index (χ4n) is 1.56. The van der Waals surface area contributed by atoms with Gasteiger partial charge in [0.1, 0.15) is 6.33 Å². The van der Waals surface area contributed by atoms with E-state index in [2.05, 4.69) is 27.5 Å². The summed E-state index contributed by atoms with van der Waals surface area (Å²) in [5.41, 5.74) is 0. The standard InChI is InChI=1S/C12H21N5O2/c1-5-6-14-11-10(19-4)12(16-8-15-11)17(3)7-9(18)13-2/h8H,5-7H2,1-4H3,(H,13,18)(H,14,15,16). The first-order valence-corrected chi connectivity index (χ1v) is 6.18. The summed E-state index contributed by atoms with van der Waals surface area (Å²) in [6, 6.07) is 0. The van der Waals surface area contributed by atoms with E-state index in [1.807, 2.05) is 0 Å². The number of hydrogen-bond acceptors (Lipinski definition) is 6. The third-order valence-electron chi connectivity index (χ3n) is 2.55. The zero-order valence-electron chi connectivity index (χ0n) is 11.9. The van der Waals surface area contributed by atoms with Crippen LogP contribution in [0.5, 0.6) is 5.75 Å². The van der Waals surface area contributed by atoms with Crippen molar-refractivity contribution in [3.63, 3.8) is 0 Å². The van der Waals surface area contributed by atoms with Crippen molar-refractivity contribution >= 4 is 17.5 Å². The molecule has 19 heavy (non-hydrogen) atoms. The van der Waals surface area contributed by atoms with E-state index < -0.39 is 0 Å². The van der Waals surface area contributed by atoms with Crippen LogP contribution in [0.2, 0.25) is 0 Å². The Morgan fingerprint density at radius 2 is 2.21 bits per heavy atom. The van der Waals surface area contributed by atoms with Gasteiger partial charge in [0, 0.05) is 20.6 Å². The van der Waals surface area contributed by atoms with Crippen molar-refractivity contribution in [1.82, 2.24) is 15.3 Å². The zero-order chi connectivity index (χ0) is 14.3. The van der Waals surface area contributed by atoms with E-state index in [9.17, 15) is 4.79 Å². The van der Waals surface area contributed by atoms with E-state index >= 15 is 0 Å². The predicted octanol–water partition coefficient (Wildman–Crippen LogP) is 0.489. The van der Waals surface area contributed by atoms with Gasteiger partial charge >= 0.3 is 0 Å². The van der Waals surface area contributed by atoms with E-state index in [0.29, 0.717) is 17.4 Å². The molecule has 0 radical (unpaired) electrons. The quantitative estimate of drug-likeness (QED) is 0.748. The molecule has 106 valence electrons. The summed E-state index contributed by atoms with van der Waals surface area (Å²) < 4.78 is 5.35. The van der Waals surface area contributed by atoms with Crippen LogP contribution in [0, 0.1) is 0 Å². The first-order valence-electron chi connectivity index (χ1n) is 6.18. The first kappa shape index (κ1) is 15.0. The third-order valence-corrected chi connectivity index (χ3v) is 2.55. The lowest BCUT2D eigenvalue weighted by Crippen LogP contribution is -2.33. The first-order chi connectivity index (χ1) is 9.13. The lowest BCUT2D eigenvalue weighted by atomic mass is 10.4. The van der Waals surface area contributed by atoms with Gasteiger partial charge in [-0.1, -0.05) is 6.92 Å². The lowest BCUT2D eigenvalue weighted by Gasteiger charge is -2.20. The molecule has 7 heteroatoms. The SMILES string of the molecule is CCCNc1ncnc(N(C)CC(=O)NC)c1OC. The molecular formula is C12H21N5O2. The number of hydrogen-bond donors (Lipinski definition) is 2. The summed E-state index contributed by atoms with van der Waals surface area (Å²) in [5.74, 6) is 1.67. The Balaban J connectivity index is 2.96. The Kier molecular flexibility index (Phi) is 5.84. The number of aromatic nitrogens is 2. The second-order valence-electron chi connectivity index (χ2n) is 4.04. The average molecular weight is 267 g/mol. The third kappa shape index (κ3) is 3.97. The van der Waals surface area contributed by atoms with Crippen molar-refractivity contribution in [3.05, 3.63) is 6.33 Å². The van der Waals surface area contributed by atoms with Crippen LogP contribution < -0.4 is 20.3 Å². The molecule has 1 heterocycles. The molecule has 1 rings (SSSR count). The van der Waals surface area contributed by atoms with Crippen LogP contribution >= 0.6 is 0 Å². The monoisotopic (exact) mass is 267 g/mol.